The van der Waals surface area contributed by atoms with Gasteiger partial charge in [0.1, 0.15) is 0 Å². The van der Waals surface area contributed by atoms with Crippen LogP contribution in [0.1, 0.15) is 66.2 Å². The molecule has 0 radical (unpaired) electrons. The first-order valence-corrected chi connectivity index (χ1v) is 6.33. The van der Waals surface area contributed by atoms with Crippen LogP contribution in [0.25, 0.3) is 0 Å². The molecule has 1 saturated carbocycles. The van der Waals surface area contributed by atoms with Gasteiger partial charge in [-0.1, -0.05) is 57.6 Å². The van der Waals surface area contributed by atoms with Gasteiger partial charge < -0.3 is 0 Å². The molecule has 0 aromatic carbocycles. The molecule has 0 N–H and O–H groups in total. The van der Waals surface area contributed by atoms with Gasteiger partial charge in [-0.15, -0.1) is 13.2 Å². The third kappa shape index (κ3) is 16.2. The second-order valence-corrected chi connectivity index (χ2v) is 4.43. The van der Waals surface area contributed by atoms with Gasteiger partial charge >= 0.3 is 0 Å². The molecule has 0 aromatic rings. The zero-order valence-electron chi connectivity index (χ0n) is 11.3. The predicted molar refractivity (Wildman–Crippen MR) is 73.2 cm³/mol. The maximum absolute atomic E-state index is 3.92. The van der Waals surface area contributed by atoms with Crippen LogP contribution in [0.15, 0.2) is 24.8 Å². The molecule has 0 heterocycles. The van der Waals surface area contributed by atoms with E-state index in [0.29, 0.717) is 0 Å². The van der Waals surface area contributed by atoms with Gasteiger partial charge in [-0.2, -0.15) is 0 Å². The van der Waals surface area contributed by atoms with E-state index in [1.54, 1.807) is 6.08 Å². The molecule has 90 valence electrons. The topological polar surface area (TPSA) is 0 Å². The number of hydrogen-bond acceptors (Lipinski definition) is 0. The fourth-order valence-electron chi connectivity index (χ4n) is 1.71. The van der Waals surface area contributed by atoms with Gasteiger partial charge in [0.2, 0.25) is 0 Å². The molecule has 15 heavy (non-hydrogen) atoms. The van der Waals surface area contributed by atoms with E-state index in [0.717, 1.165) is 5.92 Å². The Hall–Kier alpha value is -0.520. The Morgan fingerprint density at radius 3 is 1.87 bits per heavy atom. The first kappa shape index (κ1) is 16.9. The second kappa shape index (κ2) is 13.5. The van der Waals surface area contributed by atoms with Gasteiger partial charge in [0.05, 0.1) is 0 Å². The molecule has 0 bridgehead atoms. The largest absolute Gasteiger partial charge is 0.103 e. The van der Waals surface area contributed by atoms with E-state index < -0.39 is 0 Å². The fraction of sp³-hybridized carbons (Fsp3) is 0.733. The van der Waals surface area contributed by atoms with Gasteiger partial charge in [0.25, 0.3) is 0 Å². The third-order valence-electron chi connectivity index (χ3n) is 2.11. The van der Waals surface area contributed by atoms with Gasteiger partial charge in [0.15, 0.2) is 0 Å². The molecule has 1 fully saturated rings. The second-order valence-electron chi connectivity index (χ2n) is 4.43. The van der Waals surface area contributed by atoms with Crippen molar-refractivity contribution in [3.8, 4) is 0 Å². The van der Waals surface area contributed by atoms with E-state index in [1.807, 2.05) is 6.92 Å². The maximum Gasteiger partial charge on any atom is -0.0297 e. The van der Waals surface area contributed by atoms with Crippen molar-refractivity contribution in [2.75, 3.05) is 0 Å². The normalized spacial score (nSPS) is 14.4. The summed E-state index contributed by atoms with van der Waals surface area (Å²) < 4.78 is 0. The van der Waals surface area contributed by atoms with Gasteiger partial charge in [-0.3, -0.25) is 0 Å². The Kier molecular flexibility index (Phi) is 15.2. The van der Waals surface area contributed by atoms with Crippen LogP contribution >= 0.6 is 0 Å². The zero-order chi connectivity index (χ0) is 12.1. The fourth-order valence-corrected chi connectivity index (χ4v) is 1.71. The molecule has 0 amide bonds. The van der Waals surface area contributed by atoms with E-state index in [2.05, 4.69) is 33.9 Å². The summed E-state index contributed by atoms with van der Waals surface area (Å²) in [7, 11) is 0. The van der Waals surface area contributed by atoms with E-state index >= 15 is 0 Å². The van der Waals surface area contributed by atoms with Crippen LogP contribution in [-0.4, -0.2) is 0 Å². The minimum absolute atomic E-state index is 0.988. The number of allylic oxidation sites excluding steroid dienone is 2. The third-order valence-corrected chi connectivity index (χ3v) is 2.11. The molecule has 0 unspecified atom stereocenters. The minimum atomic E-state index is 0.988. The summed E-state index contributed by atoms with van der Waals surface area (Å²) in [5.41, 5.74) is 1.36. The molecule has 1 aliphatic carbocycles. The lowest BCUT2D eigenvalue weighted by Gasteiger charge is -2.06. The van der Waals surface area contributed by atoms with E-state index in [1.165, 1.54) is 44.1 Å². The molecule has 1 aliphatic rings. The van der Waals surface area contributed by atoms with Crippen LogP contribution < -0.4 is 0 Å². The Balaban J connectivity index is 0. The smallest absolute Gasteiger partial charge is 0.0297 e. The summed E-state index contributed by atoms with van der Waals surface area (Å²) in [5.74, 6) is 0.988. The SMILES string of the molecule is C=C(C)CC1CCCC1.C=CC.CCC. The van der Waals surface area contributed by atoms with Crippen molar-refractivity contribution in [2.45, 2.75) is 66.2 Å². The first-order valence-electron chi connectivity index (χ1n) is 6.33. The van der Waals surface area contributed by atoms with Crippen LogP contribution in [0.5, 0.6) is 0 Å². The monoisotopic (exact) mass is 210 g/mol. The molecule has 1 rings (SSSR count). The highest BCUT2D eigenvalue weighted by Crippen LogP contribution is 2.29. The Bertz CT molecular complexity index is 138. The van der Waals surface area contributed by atoms with Crippen LogP contribution in [0.4, 0.5) is 0 Å². The summed E-state index contributed by atoms with van der Waals surface area (Å²) in [6.45, 7) is 15.6. The Morgan fingerprint density at radius 2 is 1.60 bits per heavy atom. The van der Waals surface area contributed by atoms with Gasteiger partial charge in [-0.05, 0) is 26.2 Å². The number of hydrogen-bond donors (Lipinski definition) is 0. The Morgan fingerprint density at radius 1 is 1.27 bits per heavy atom. The maximum atomic E-state index is 3.92. The van der Waals surface area contributed by atoms with Crippen LogP contribution in [-0.2, 0) is 0 Å². The van der Waals surface area contributed by atoms with E-state index in [-0.39, 0.29) is 0 Å². The molecule has 0 aliphatic heterocycles. The molecule has 0 atom stereocenters. The van der Waals surface area contributed by atoms with Crippen molar-refractivity contribution >= 4 is 0 Å². The molecular weight excluding hydrogens is 180 g/mol. The lowest BCUT2D eigenvalue weighted by Crippen LogP contribution is -1.91. The van der Waals surface area contributed by atoms with Gasteiger partial charge in [0, 0.05) is 0 Å². The zero-order valence-corrected chi connectivity index (χ0v) is 11.3. The molecule has 0 nitrogen and oxygen atoms in total. The summed E-state index contributed by atoms with van der Waals surface area (Å²) in [6, 6.07) is 0. The Labute approximate surface area is 97.5 Å². The number of rotatable bonds is 2. The van der Waals surface area contributed by atoms with Crippen molar-refractivity contribution in [3.05, 3.63) is 24.8 Å². The van der Waals surface area contributed by atoms with Crippen molar-refractivity contribution in [1.82, 2.24) is 0 Å². The average Bonchev–Trinajstić information content (AvgIpc) is 2.58. The highest BCUT2D eigenvalue weighted by Gasteiger charge is 2.13. The summed E-state index contributed by atoms with van der Waals surface area (Å²) in [4.78, 5) is 0. The van der Waals surface area contributed by atoms with Crippen LogP contribution in [0.2, 0.25) is 0 Å². The van der Waals surface area contributed by atoms with Gasteiger partial charge in [-0.25, -0.2) is 0 Å². The van der Waals surface area contributed by atoms with E-state index in [4.69, 9.17) is 0 Å². The quantitative estimate of drug-likeness (QED) is 0.509. The highest BCUT2D eigenvalue weighted by atomic mass is 14.2. The molecule has 0 spiro atoms. The van der Waals surface area contributed by atoms with Crippen molar-refractivity contribution in [2.24, 2.45) is 5.92 Å². The van der Waals surface area contributed by atoms with Crippen LogP contribution in [0, 0.1) is 5.92 Å². The molecule has 0 aromatic heterocycles. The molecule has 0 heteroatoms. The standard InChI is InChI=1S/C9H16.C3H8.C3H6/c1-8(2)7-9-5-3-4-6-9;2*1-3-2/h9H,1,3-7H2,2H3;3H2,1-2H3;3H,1H2,2H3. The molecule has 0 saturated heterocycles. The summed E-state index contributed by atoms with van der Waals surface area (Å²) in [6.07, 6.45) is 10.1. The highest BCUT2D eigenvalue weighted by molar-refractivity contribution is 4.91. The lowest BCUT2D eigenvalue weighted by atomic mass is 10.0. The summed E-state index contributed by atoms with van der Waals surface area (Å²) in [5, 5.41) is 0. The van der Waals surface area contributed by atoms with Crippen molar-refractivity contribution in [1.29, 1.82) is 0 Å². The summed E-state index contributed by atoms with van der Waals surface area (Å²) >= 11 is 0. The minimum Gasteiger partial charge on any atom is -0.103 e. The molecular formula is C15H30. The predicted octanol–water partition coefficient (Wildman–Crippen LogP) is 5.75. The van der Waals surface area contributed by atoms with Crippen LogP contribution in [0.3, 0.4) is 0 Å². The van der Waals surface area contributed by atoms with E-state index in [9.17, 15) is 0 Å². The van der Waals surface area contributed by atoms with Crippen molar-refractivity contribution < 1.29 is 0 Å². The first-order chi connectivity index (χ1) is 7.12. The average molecular weight is 210 g/mol. The lowest BCUT2D eigenvalue weighted by molar-refractivity contribution is 0.544. The van der Waals surface area contributed by atoms with Crippen molar-refractivity contribution in [3.63, 3.8) is 0 Å².